The van der Waals surface area contributed by atoms with Gasteiger partial charge in [-0.15, -0.1) is 0 Å². The summed E-state index contributed by atoms with van der Waals surface area (Å²) in [4.78, 5) is 44.1. The minimum Gasteiger partial charge on any atom is -0.358 e. The molecule has 2 aliphatic heterocycles. The van der Waals surface area contributed by atoms with Crippen LogP contribution in [0.25, 0.3) is 0 Å². The van der Waals surface area contributed by atoms with Gasteiger partial charge in [-0.2, -0.15) is 0 Å². The molecule has 2 heterocycles. The second-order valence-corrected chi connectivity index (χ2v) is 9.40. The van der Waals surface area contributed by atoms with E-state index in [1.54, 1.807) is 26.2 Å². The van der Waals surface area contributed by atoms with E-state index in [1.807, 2.05) is 31.2 Å². The first-order valence-corrected chi connectivity index (χ1v) is 11.6. The smallest absolute Gasteiger partial charge is 0.253 e. The Morgan fingerprint density at radius 3 is 2.62 bits per heavy atom. The molecule has 3 amide bonds. The van der Waals surface area contributed by atoms with Crippen molar-refractivity contribution in [3.05, 3.63) is 52.0 Å². The van der Waals surface area contributed by atoms with Crippen LogP contribution in [0.4, 0.5) is 17.1 Å². The maximum Gasteiger partial charge on any atom is 0.253 e. The van der Waals surface area contributed by atoms with E-state index >= 15 is 0 Å². The van der Waals surface area contributed by atoms with Crippen LogP contribution in [-0.4, -0.2) is 55.8 Å². The van der Waals surface area contributed by atoms with E-state index in [-0.39, 0.29) is 30.3 Å². The fourth-order valence-corrected chi connectivity index (χ4v) is 4.63. The summed E-state index contributed by atoms with van der Waals surface area (Å²) in [6.07, 6.45) is 2.77. The van der Waals surface area contributed by atoms with Crippen molar-refractivity contribution in [2.24, 2.45) is 0 Å². The number of nitrogens with one attached hydrogen (secondary N) is 1. The first-order valence-electron chi connectivity index (χ1n) is 10.8. The summed E-state index contributed by atoms with van der Waals surface area (Å²) in [5.74, 6) is -0.510. The minimum absolute atomic E-state index is 0.0891. The SMILES string of the molecule is Cc1cc(NC(=O)CN2C(=O)[C@@H]3CCCCN3c3ccc(C(=O)N(C)C)cc32)ccc1Br. The Hall–Kier alpha value is -2.87. The number of nitrogens with zero attached hydrogens (tertiary/aromatic N) is 3. The number of anilines is 3. The zero-order valence-corrected chi connectivity index (χ0v) is 20.1. The highest BCUT2D eigenvalue weighted by Crippen LogP contribution is 2.40. The average Bonchev–Trinajstić information content (AvgIpc) is 2.78. The summed E-state index contributed by atoms with van der Waals surface area (Å²) in [6.45, 7) is 2.64. The van der Waals surface area contributed by atoms with Gasteiger partial charge in [-0.1, -0.05) is 15.9 Å². The molecule has 1 atom stereocenters. The molecule has 0 aliphatic carbocycles. The van der Waals surface area contributed by atoms with Crippen LogP contribution in [0.15, 0.2) is 40.9 Å². The number of aryl methyl sites for hydroxylation is 1. The van der Waals surface area contributed by atoms with Gasteiger partial charge in [-0.05, 0) is 68.1 Å². The van der Waals surface area contributed by atoms with E-state index in [9.17, 15) is 14.4 Å². The van der Waals surface area contributed by atoms with Gasteiger partial charge in [-0.3, -0.25) is 19.3 Å². The Morgan fingerprint density at radius 2 is 1.91 bits per heavy atom. The van der Waals surface area contributed by atoms with Crippen molar-refractivity contribution < 1.29 is 14.4 Å². The molecule has 1 saturated heterocycles. The van der Waals surface area contributed by atoms with Crippen molar-refractivity contribution in [3.8, 4) is 0 Å². The highest BCUT2D eigenvalue weighted by molar-refractivity contribution is 9.10. The predicted molar refractivity (Wildman–Crippen MR) is 129 cm³/mol. The third-order valence-electron chi connectivity index (χ3n) is 6.03. The standard InChI is InChI=1S/C24H27BrN4O3/c1-15-12-17(8-9-18(15)25)26-22(30)14-29-21-13-16(23(31)27(2)3)7-10-19(21)28-11-5-4-6-20(28)24(29)32/h7-10,12-13,20H,4-6,11,14H2,1-3H3,(H,26,30)/t20-/m0/s1. The van der Waals surface area contributed by atoms with Crippen LogP contribution in [0.1, 0.15) is 35.2 Å². The van der Waals surface area contributed by atoms with Crippen molar-refractivity contribution in [2.45, 2.75) is 32.2 Å². The zero-order chi connectivity index (χ0) is 23.0. The van der Waals surface area contributed by atoms with Gasteiger partial charge in [0.05, 0.1) is 11.4 Å². The molecular formula is C24H27BrN4O3. The van der Waals surface area contributed by atoms with Crippen LogP contribution in [0.5, 0.6) is 0 Å². The van der Waals surface area contributed by atoms with E-state index in [1.165, 1.54) is 9.80 Å². The summed E-state index contributed by atoms with van der Waals surface area (Å²) >= 11 is 3.46. The monoisotopic (exact) mass is 498 g/mol. The largest absolute Gasteiger partial charge is 0.358 e. The Morgan fingerprint density at radius 1 is 1.12 bits per heavy atom. The normalized spacial score (nSPS) is 17.5. The molecule has 7 nitrogen and oxygen atoms in total. The quantitative estimate of drug-likeness (QED) is 0.695. The molecule has 8 heteroatoms. The van der Waals surface area contributed by atoms with Crippen LogP contribution >= 0.6 is 15.9 Å². The van der Waals surface area contributed by atoms with Crippen molar-refractivity contribution in [2.75, 3.05) is 42.3 Å². The summed E-state index contributed by atoms with van der Waals surface area (Å²) < 4.78 is 0.964. The number of hydrogen-bond donors (Lipinski definition) is 1. The minimum atomic E-state index is -0.278. The van der Waals surface area contributed by atoms with E-state index in [0.717, 1.165) is 41.5 Å². The van der Waals surface area contributed by atoms with Crippen LogP contribution in [0.2, 0.25) is 0 Å². The topological polar surface area (TPSA) is 73.0 Å². The molecule has 2 aliphatic rings. The lowest BCUT2D eigenvalue weighted by atomic mass is 9.95. The Balaban J connectivity index is 1.66. The molecule has 2 aromatic rings. The van der Waals surface area contributed by atoms with Gasteiger partial charge in [0.25, 0.3) is 5.91 Å². The van der Waals surface area contributed by atoms with E-state index in [4.69, 9.17) is 0 Å². The predicted octanol–water partition coefficient (Wildman–Crippen LogP) is 3.80. The number of rotatable bonds is 4. The molecule has 0 spiro atoms. The molecule has 1 fully saturated rings. The molecule has 168 valence electrons. The Labute approximate surface area is 196 Å². The number of carbonyl (C=O) groups excluding carboxylic acids is 3. The van der Waals surface area contributed by atoms with Crippen molar-refractivity contribution in [1.29, 1.82) is 0 Å². The third-order valence-corrected chi connectivity index (χ3v) is 6.92. The molecule has 2 aromatic carbocycles. The molecule has 0 saturated carbocycles. The fourth-order valence-electron chi connectivity index (χ4n) is 4.38. The van der Waals surface area contributed by atoms with E-state index in [2.05, 4.69) is 26.1 Å². The first kappa shape index (κ1) is 22.3. The van der Waals surface area contributed by atoms with Gasteiger partial charge in [0.1, 0.15) is 12.6 Å². The second kappa shape index (κ2) is 8.94. The maximum absolute atomic E-state index is 13.4. The second-order valence-electron chi connectivity index (χ2n) is 8.54. The molecule has 0 aromatic heterocycles. The van der Waals surface area contributed by atoms with E-state index < -0.39 is 0 Å². The van der Waals surface area contributed by atoms with Crippen LogP contribution < -0.4 is 15.1 Å². The Kier molecular flexibility index (Phi) is 6.24. The molecule has 0 radical (unpaired) electrons. The van der Waals surface area contributed by atoms with Crippen molar-refractivity contribution in [3.63, 3.8) is 0 Å². The fraction of sp³-hybridized carbons (Fsp3) is 0.375. The summed E-state index contributed by atoms with van der Waals surface area (Å²) in [7, 11) is 3.39. The van der Waals surface area contributed by atoms with Gasteiger partial charge in [0.2, 0.25) is 11.8 Å². The molecule has 1 N–H and O–H groups in total. The van der Waals surface area contributed by atoms with Gasteiger partial charge in [0, 0.05) is 36.4 Å². The molecule has 0 unspecified atom stereocenters. The van der Waals surface area contributed by atoms with Crippen molar-refractivity contribution >= 4 is 50.7 Å². The molecule has 32 heavy (non-hydrogen) atoms. The number of fused-ring (bicyclic) bond motifs is 3. The van der Waals surface area contributed by atoms with Gasteiger partial charge in [0.15, 0.2) is 0 Å². The molecule has 4 rings (SSSR count). The van der Waals surface area contributed by atoms with E-state index in [0.29, 0.717) is 16.9 Å². The third kappa shape index (κ3) is 4.24. The number of halogens is 1. The molecule has 0 bridgehead atoms. The number of benzene rings is 2. The lowest BCUT2D eigenvalue weighted by molar-refractivity contribution is -0.123. The lowest BCUT2D eigenvalue weighted by Gasteiger charge is -2.45. The number of piperidine rings is 1. The maximum atomic E-state index is 13.4. The van der Waals surface area contributed by atoms with Gasteiger partial charge in [-0.25, -0.2) is 0 Å². The van der Waals surface area contributed by atoms with Gasteiger partial charge >= 0.3 is 0 Å². The highest BCUT2D eigenvalue weighted by Gasteiger charge is 2.40. The summed E-state index contributed by atoms with van der Waals surface area (Å²) in [5.41, 5.74) is 3.69. The molecular weight excluding hydrogens is 472 g/mol. The average molecular weight is 499 g/mol. The number of carbonyl (C=O) groups is 3. The first-order chi connectivity index (χ1) is 15.3. The number of hydrogen-bond acceptors (Lipinski definition) is 4. The van der Waals surface area contributed by atoms with Crippen molar-refractivity contribution in [1.82, 2.24) is 4.90 Å². The van der Waals surface area contributed by atoms with Crippen LogP contribution in [-0.2, 0) is 9.59 Å². The summed E-state index contributed by atoms with van der Waals surface area (Å²) in [6, 6.07) is 10.7. The van der Waals surface area contributed by atoms with Crippen LogP contribution in [0.3, 0.4) is 0 Å². The zero-order valence-electron chi connectivity index (χ0n) is 18.5. The highest BCUT2D eigenvalue weighted by atomic mass is 79.9. The van der Waals surface area contributed by atoms with Crippen LogP contribution in [0, 0.1) is 6.92 Å². The summed E-state index contributed by atoms with van der Waals surface area (Å²) in [5, 5.41) is 2.89. The Bertz CT molecular complexity index is 1080. The van der Waals surface area contributed by atoms with Gasteiger partial charge < -0.3 is 15.1 Å². The lowest BCUT2D eigenvalue weighted by Crippen LogP contribution is -2.56. The number of amides is 3.